The van der Waals surface area contributed by atoms with Crippen molar-refractivity contribution < 1.29 is 14.3 Å². The van der Waals surface area contributed by atoms with E-state index < -0.39 is 11.4 Å². The maximum Gasteiger partial charge on any atom is 0.317 e. The van der Waals surface area contributed by atoms with Crippen LogP contribution in [0.3, 0.4) is 0 Å². The minimum atomic E-state index is -0.887. The number of aliphatic carboxylic acids is 1. The Morgan fingerprint density at radius 2 is 2.05 bits per heavy atom. The topological polar surface area (TPSA) is 76.2 Å². The van der Waals surface area contributed by atoms with Gasteiger partial charge in [-0.25, -0.2) is 9.97 Å². The summed E-state index contributed by atoms with van der Waals surface area (Å²) in [5, 5.41) is 9.31. The number of carboxylic acid groups (broad SMARTS) is 1. The molecule has 5 heteroatoms. The molecule has 1 fully saturated rings. The van der Waals surface area contributed by atoms with Crippen LogP contribution in [0.2, 0.25) is 0 Å². The fourth-order valence-corrected chi connectivity index (χ4v) is 2.14. The van der Waals surface area contributed by atoms with E-state index in [0.717, 1.165) is 11.5 Å². The van der Waals surface area contributed by atoms with Gasteiger partial charge in [0.2, 0.25) is 0 Å². The second-order valence-corrected chi connectivity index (χ2v) is 5.02. The number of carbonyl (C=O) groups is 1. The number of aromatic nitrogens is 2. The third-order valence-electron chi connectivity index (χ3n) is 3.43. The summed E-state index contributed by atoms with van der Waals surface area (Å²) in [6.07, 6.45) is 1.20. The molecule has 0 aromatic carbocycles. The van der Waals surface area contributed by atoms with Crippen LogP contribution in [-0.2, 0) is 10.2 Å². The molecule has 98 valence electrons. The zero-order valence-electron chi connectivity index (χ0n) is 10.8. The number of rotatable bonds is 3. The molecule has 2 aromatic rings. The zero-order valence-corrected chi connectivity index (χ0v) is 10.8. The van der Waals surface area contributed by atoms with Gasteiger partial charge in [0.25, 0.3) is 0 Å². The number of aryl methyl sites for hydroxylation is 2. The lowest BCUT2D eigenvalue weighted by Gasteiger charge is -2.10. The molecule has 19 heavy (non-hydrogen) atoms. The standard InChI is InChI=1S/C14H14N2O3/c1-8-7-10(11-4-3-9(2)19-11)16-12(15-8)14(5-6-14)13(17)18/h3-4,7H,5-6H2,1-2H3,(H,17,18). The van der Waals surface area contributed by atoms with Gasteiger partial charge in [0, 0.05) is 5.69 Å². The minimum absolute atomic E-state index is 0.393. The van der Waals surface area contributed by atoms with Crippen molar-refractivity contribution in [2.45, 2.75) is 32.1 Å². The molecule has 3 rings (SSSR count). The summed E-state index contributed by atoms with van der Waals surface area (Å²) in [4.78, 5) is 20.0. The van der Waals surface area contributed by atoms with Crippen LogP contribution in [0.1, 0.15) is 30.1 Å². The van der Waals surface area contributed by atoms with Crippen LogP contribution in [-0.4, -0.2) is 21.0 Å². The summed E-state index contributed by atoms with van der Waals surface area (Å²) >= 11 is 0. The van der Waals surface area contributed by atoms with Crippen LogP contribution in [0.25, 0.3) is 11.5 Å². The lowest BCUT2D eigenvalue weighted by Crippen LogP contribution is -2.23. The van der Waals surface area contributed by atoms with Gasteiger partial charge in [-0.1, -0.05) is 0 Å². The summed E-state index contributed by atoms with van der Waals surface area (Å²) in [7, 11) is 0. The molecule has 2 heterocycles. The van der Waals surface area contributed by atoms with Crippen molar-refractivity contribution in [3.8, 4) is 11.5 Å². The first-order valence-electron chi connectivity index (χ1n) is 6.18. The van der Waals surface area contributed by atoms with E-state index in [-0.39, 0.29) is 0 Å². The molecule has 2 aromatic heterocycles. The van der Waals surface area contributed by atoms with Crippen molar-refractivity contribution in [1.82, 2.24) is 9.97 Å². The molecule has 0 amide bonds. The van der Waals surface area contributed by atoms with Crippen molar-refractivity contribution in [1.29, 1.82) is 0 Å². The Labute approximate surface area is 110 Å². The van der Waals surface area contributed by atoms with Crippen LogP contribution in [0.5, 0.6) is 0 Å². The Bertz CT molecular complexity index is 656. The van der Waals surface area contributed by atoms with Crippen LogP contribution >= 0.6 is 0 Å². The molecular formula is C14H14N2O3. The average Bonchev–Trinajstić information content (AvgIpc) is 3.06. The lowest BCUT2D eigenvalue weighted by molar-refractivity contribution is -0.140. The highest BCUT2D eigenvalue weighted by atomic mass is 16.4. The van der Waals surface area contributed by atoms with Gasteiger partial charge in [0.15, 0.2) is 5.76 Å². The van der Waals surface area contributed by atoms with E-state index in [1.54, 1.807) is 6.07 Å². The van der Waals surface area contributed by atoms with Gasteiger partial charge in [0.1, 0.15) is 22.7 Å². The second kappa shape index (κ2) is 3.91. The van der Waals surface area contributed by atoms with Crippen LogP contribution in [0, 0.1) is 13.8 Å². The van der Waals surface area contributed by atoms with Crippen LogP contribution in [0.4, 0.5) is 0 Å². The molecule has 0 aliphatic heterocycles. The van der Waals surface area contributed by atoms with E-state index in [0.29, 0.717) is 30.1 Å². The van der Waals surface area contributed by atoms with Crippen molar-refractivity contribution in [3.05, 3.63) is 35.5 Å². The summed E-state index contributed by atoms with van der Waals surface area (Å²) in [6.45, 7) is 3.69. The Morgan fingerprint density at radius 3 is 2.58 bits per heavy atom. The van der Waals surface area contributed by atoms with Gasteiger partial charge in [-0.2, -0.15) is 0 Å². The van der Waals surface area contributed by atoms with E-state index in [4.69, 9.17) is 4.42 Å². The summed E-state index contributed by atoms with van der Waals surface area (Å²) in [5.41, 5.74) is 0.507. The van der Waals surface area contributed by atoms with E-state index in [1.165, 1.54) is 0 Å². The summed E-state index contributed by atoms with van der Waals surface area (Å²) in [6, 6.07) is 5.50. The molecule has 1 saturated carbocycles. The lowest BCUT2D eigenvalue weighted by atomic mass is 10.1. The predicted octanol–water partition coefficient (Wildman–Crippen LogP) is 2.47. The van der Waals surface area contributed by atoms with E-state index >= 15 is 0 Å². The quantitative estimate of drug-likeness (QED) is 0.915. The van der Waals surface area contributed by atoms with Crippen LogP contribution < -0.4 is 0 Å². The number of carboxylic acids is 1. The van der Waals surface area contributed by atoms with Crippen molar-refractivity contribution >= 4 is 5.97 Å². The first-order chi connectivity index (χ1) is 9.01. The summed E-state index contributed by atoms with van der Waals surface area (Å²) < 4.78 is 5.54. The molecule has 0 radical (unpaired) electrons. The Balaban J connectivity index is 2.09. The molecule has 0 bridgehead atoms. The smallest absolute Gasteiger partial charge is 0.317 e. The fourth-order valence-electron chi connectivity index (χ4n) is 2.14. The van der Waals surface area contributed by atoms with Gasteiger partial charge in [-0.3, -0.25) is 4.79 Å². The molecule has 1 N–H and O–H groups in total. The number of hydrogen-bond donors (Lipinski definition) is 1. The van der Waals surface area contributed by atoms with Gasteiger partial charge >= 0.3 is 5.97 Å². The second-order valence-electron chi connectivity index (χ2n) is 5.02. The maximum absolute atomic E-state index is 11.3. The third-order valence-corrected chi connectivity index (χ3v) is 3.43. The largest absolute Gasteiger partial charge is 0.480 e. The van der Waals surface area contributed by atoms with E-state index in [2.05, 4.69) is 9.97 Å². The van der Waals surface area contributed by atoms with E-state index in [9.17, 15) is 9.90 Å². The number of nitrogens with zero attached hydrogens (tertiary/aromatic N) is 2. The first-order valence-corrected chi connectivity index (χ1v) is 6.18. The van der Waals surface area contributed by atoms with Crippen LogP contribution in [0.15, 0.2) is 22.6 Å². The predicted molar refractivity (Wildman–Crippen MR) is 67.8 cm³/mol. The Hall–Kier alpha value is -2.17. The summed E-state index contributed by atoms with van der Waals surface area (Å²) in [5.74, 6) is 0.987. The SMILES string of the molecule is Cc1cc(-c2ccc(C)o2)nc(C2(C(=O)O)CC2)n1. The van der Waals surface area contributed by atoms with E-state index in [1.807, 2.05) is 26.0 Å². The van der Waals surface area contributed by atoms with Gasteiger partial charge in [-0.05, 0) is 44.9 Å². The first kappa shape index (κ1) is 11.9. The molecule has 1 aliphatic carbocycles. The van der Waals surface area contributed by atoms with Crippen molar-refractivity contribution in [2.75, 3.05) is 0 Å². The van der Waals surface area contributed by atoms with Crippen molar-refractivity contribution in [3.63, 3.8) is 0 Å². The molecule has 0 spiro atoms. The Morgan fingerprint density at radius 1 is 1.32 bits per heavy atom. The van der Waals surface area contributed by atoms with Gasteiger partial charge in [0.05, 0.1) is 0 Å². The fraction of sp³-hybridized carbons (Fsp3) is 0.357. The van der Waals surface area contributed by atoms with Gasteiger partial charge in [-0.15, -0.1) is 0 Å². The molecular weight excluding hydrogens is 244 g/mol. The minimum Gasteiger partial charge on any atom is -0.480 e. The highest BCUT2D eigenvalue weighted by Gasteiger charge is 2.54. The molecule has 0 atom stereocenters. The molecule has 1 aliphatic rings. The highest BCUT2D eigenvalue weighted by Crippen LogP contribution is 2.47. The Kier molecular flexibility index (Phi) is 2.45. The normalized spacial score (nSPS) is 16.3. The van der Waals surface area contributed by atoms with Gasteiger partial charge < -0.3 is 9.52 Å². The molecule has 5 nitrogen and oxygen atoms in total. The zero-order chi connectivity index (χ0) is 13.6. The maximum atomic E-state index is 11.3. The highest BCUT2D eigenvalue weighted by molar-refractivity contribution is 5.83. The number of furan rings is 1. The van der Waals surface area contributed by atoms with Crippen molar-refractivity contribution in [2.24, 2.45) is 0 Å². The third kappa shape index (κ3) is 1.91. The number of hydrogen-bond acceptors (Lipinski definition) is 4. The molecule has 0 unspecified atom stereocenters. The molecule has 0 saturated heterocycles. The average molecular weight is 258 g/mol. The monoisotopic (exact) mass is 258 g/mol.